The molecule has 4 aromatic carbocycles. The summed E-state index contributed by atoms with van der Waals surface area (Å²) >= 11 is 0. The molecule has 0 radical (unpaired) electrons. The van der Waals surface area contributed by atoms with E-state index in [1.54, 1.807) is 36.4 Å². The molecule has 152 valence electrons. The SMILES string of the molecule is O=C(OC(c1ccccc1)(c1ccccc1)c1cccc([N+](=O)[O-])c1)c1ccccc1. The second kappa shape index (κ2) is 8.63. The summed E-state index contributed by atoms with van der Waals surface area (Å²) in [6.45, 7) is 0. The Balaban J connectivity index is 1.99. The van der Waals surface area contributed by atoms with E-state index >= 15 is 0 Å². The van der Waals surface area contributed by atoms with Crippen LogP contribution in [0.3, 0.4) is 0 Å². The average Bonchev–Trinajstić information content (AvgIpc) is 2.84. The van der Waals surface area contributed by atoms with E-state index in [1.165, 1.54) is 12.1 Å². The van der Waals surface area contributed by atoms with Crippen LogP contribution in [0.15, 0.2) is 115 Å². The third-order valence-corrected chi connectivity index (χ3v) is 5.08. The van der Waals surface area contributed by atoms with E-state index in [9.17, 15) is 14.9 Å². The highest BCUT2D eigenvalue weighted by molar-refractivity contribution is 5.90. The molecule has 0 amide bonds. The lowest BCUT2D eigenvalue weighted by Gasteiger charge is -2.35. The monoisotopic (exact) mass is 409 g/mol. The van der Waals surface area contributed by atoms with Crippen molar-refractivity contribution in [3.8, 4) is 0 Å². The van der Waals surface area contributed by atoms with E-state index in [0.717, 1.165) is 0 Å². The van der Waals surface area contributed by atoms with Crippen LogP contribution in [0.2, 0.25) is 0 Å². The summed E-state index contributed by atoms with van der Waals surface area (Å²) in [6.07, 6.45) is 0. The minimum absolute atomic E-state index is 0.0792. The van der Waals surface area contributed by atoms with E-state index in [4.69, 9.17) is 4.74 Å². The lowest BCUT2D eigenvalue weighted by atomic mass is 9.80. The molecule has 0 N–H and O–H groups in total. The van der Waals surface area contributed by atoms with Crippen molar-refractivity contribution >= 4 is 11.7 Å². The predicted octanol–water partition coefficient (Wildman–Crippen LogP) is 5.74. The number of nitrogens with zero attached hydrogens (tertiary/aromatic N) is 1. The first-order chi connectivity index (χ1) is 15.1. The molecule has 0 unspecified atom stereocenters. The Morgan fingerprint density at radius 2 is 1.16 bits per heavy atom. The van der Waals surface area contributed by atoms with Crippen LogP contribution in [-0.2, 0) is 10.3 Å². The number of carbonyl (C=O) groups excluding carboxylic acids is 1. The van der Waals surface area contributed by atoms with Gasteiger partial charge in [0.1, 0.15) is 0 Å². The van der Waals surface area contributed by atoms with Crippen molar-refractivity contribution in [3.05, 3.63) is 148 Å². The van der Waals surface area contributed by atoms with Gasteiger partial charge in [-0.2, -0.15) is 0 Å². The van der Waals surface area contributed by atoms with Gasteiger partial charge in [0, 0.05) is 28.8 Å². The molecule has 0 atom stereocenters. The Morgan fingerprint density at radius 3 is 1.68 bits per heavy atom. The first kappa shape index (κ1) is 20.0. The van der Waals surface area contributed by atoms with Crippen LogP contribution in [-0.4, -0.2) is 10.9 Å². The van der Waals surface area contributed by atoms with Gasteiger partial charge in [-0.3, -0.25) is 10.1 Å². The van der Waals surface area contributed by atoms with Gasteiger partial charge in [-0.15, -0.1) is 0 Å². The maximum absolute atomic E-state index is 13.2. The Kier molecular flexibility index (Phi) is 5.58. The Hall–Kier alpha value is -4.25. The number of esters is 1. The van der Waals surface area contributed by atoms with Crippen molar-refractivity contribution in [1.29, 1.82) is 0 Å². The number of benzene rings is 4. The lowest BCUT2D eigenvalue weighted by Crippen LogP contribution is -2.35. The number of ether oxygens (including phenoxy) is 1. The minimum Gasteiger partial charge on any atom is -0.441 e. The van der Waals surface area contributed by atoms with Crippen molar-refractivity contribution in [3.63, 3.8) is 0 Å². The van der Waals surface area contributed by atoms with Crippen molar-refractivity contribution in [2.45, 2.75) is 5.60 Å². The molecule has 5 nitrogen and oxygen atoms in total. The maximum atomic E-state index is 13.2. The molecular weight excluding hydrogens is 390 g/mol. The highest BCUT2D eigenvalue weighted by atomic mass is 16.6. The van der Waals surface area contributed by atoms with E-state index in [-0.39, 0.29) is 5.69 Å². The molecule has 0 saturated carbocycles. The zero-order chi connectivity index (χ0) is 21.7. The Morgan fingerprint density at radius 1 is 0.677 bits per heavy atom. The summed E-state index contributed by atoms with van der Waals surface area (Å²) in [6, 6.07) is 33.4. The zero-order valence-electron chi connectivity index (χ0n) is 16.5. The number of nitro benzene ring substituents is 1. The number of rotatable bonds is 6. The molecule has 0 aromatic heterocycles. The van der Waals surface area contributed by atoms with Gasteiger partial charge < -0.3 is 4.74 Å². The fourth-order valence-electron chi connectivity index (χ4n) is 3.63. The number of non-ortho nitro benzene ring substituents is 1. The van der Waals surface area contributed by atoms with Gasteiger partial charge in [0.25, 0.3) is 5.69 Å². The molecule has 4 rings (SSSR count). The quantitative estimate of drug-likeness (QED) is 0.176. The summed E-state index contributed by atoms with van der Waals surface area (Å²) in [4.78, 5) is 24.3. The second-order valence-electron chi connectivity index (χ2n) is 6.98. The first-order valence-corrected chi connectivity index (χ1v) is 9.75. The number of nitro groups is 1. The van der Waals surface area contributed by atoms with Gasteiger partial charge in [-0.1, -0.05) is 91.0 Å². The fourth-order valence-corrected chi connectivity index (χ4v) is 3.63. The molecule has 0 heterocycles. The summed E-state index contributed by atoms with van der Waals surface area (Å²) < 4.78 is 6.26. The van der Waals surface area contributed by atoms with Crippen molar-refractivity contribution in [1.82, 2.24) is 0 Å². The van der Waals surface area contributed by atoms with Crippen LogP contribution in [0.5, 0.6) is 0 Å². The second-order valence-corrected chi connectivity index (χ2v) is 6.98. The van der Waals surface area contributed by atoms with Crippen LogP contribution < -0.4 is 0 Å². The first-order valence-electron chi connectivity index (χ1n) is 9.75. The number of hydrogen-bond acceptors (Lipinski definition) is 4. The molecule has 0 spiro atoms. The van der Waals surface area contributed by atoms with Crippen LogP contribution in [0.1, 0.15) is 27.0 Å². The smallest absolute Gasteiger partial charge is 0.339 e. The summed E-state index contributed by atoms with van der Waals surface area (Å²) in [5, 5.41) is 11.5. The van der Waals surface area contributed by atoms with Crippen LogP contribution in [0.25, 0.3) is 0 Å². The van der Waals surface area contributed by atoms with Gasteiger partial charge in [-0.25, -0.2) is 4.79 Å². The molecule has 4 aromatic rings. The fraction of sp³-hybridized carbons (Fsp3) is 0.0385. The van der Waals surface area contributed by atoms with Crippen LogP contribution in [0, 0.1) is 10.1 Å². The molecule has 0 aliphatic rings. The highest BCUT2D eigenvalue weighted by Crippen LogP contribution is 2.42. The van der Waals surface area contributed by atoms with Gasteiger partial charge >= 0.3 is 5.97 Å². The normalized spacial score (nSPS) is 11.0. The minimum atomic E-state index is -1.37. The topological polar surface area (TPSA) is 69.4 Å². The molecule has 5 heteroatoms. The van der Waals surface area contributed by atoms with E-state index in [2.05, 4.69) is 0 Å². The summed E-state index contributed by atoms with van der Waals surface area (Å²) in [7, 11) is 0. The molecule has 31 heavy (non-hydrogen) atoms. The molecule has 0 saturated heterocycles. The van der Waals surface area contributed by atoms with E-state index < -0.39 is 16.5 Å². The average molecular weight is 409 g/mol. The maximum Gasteiger partial charge on any atom is 0.339 e. The zero-order valence-corrected chi connectivity index (χ0v) is 16.5. The van der Waals surface area contributed by atoms with Crippen molar-refractivity contribution in [2.75, 3.05) is 0 Å². The molecular formula is C26H19NO4. The largest absolute Gasteiger partial charge is 0.441 e. The number of hydrogen-bond donors (Lipinski definition) is 0. The highest BCUT2D eigenvalue weighted by Gasteiger charge is 2.41. The molecule has 0 aliphatic heterocycles. The molecule has 0 bridgehead atoms. The third-order valence-electron chi connectivity index (χ3n) is 5.08. The summed E-state index contributed by atoms with van der Waals surface area (Å²) in [5.41, 5.74) is 0.801. The van der Waals surface area contributed by atoms with Gasteiger partial charge in [0.2, 0.25) is 0 Å². The van der Waals surface area contributed by atoms with E-state index in [1.807, 2.05) is 66.7 Å². The van der Waals surface area contributed by atoms with Gasteiger partial charge in [0.15, 0.2) is 5.60 Å². The summed E-state index contributed by atoms with van der Waals surface area (Å²) in [5.74, 6) is -0.528. The van der Waals surface area contributed by atoms with Gasteiger partial charge in [-0.05, 0) is 12.1 Å². The van der Waals surface area contributed by atoms with Gasteiger partial charge in [0.05, 0.1) is 10.5 Å². The molecule has 0 aliphatic carbocycles. The lowest BCUT2D eigenvalue weighted by molar-refractivity contribution is -0.385. The van der Waals surface area contributed by atoms with Crippen LogP contribution in [0.4, 0.5) is 5.69 Å². The van der Waals surface area contributed by atoms with Crippen molar-refractivity contribution < 1.29 is 14.5 Å². The third kappa shape index (κ3) is 3.94. The molecule has 0 fully saturated rings. The standard InChI is InChI=1S/C26H19NO4/c28-25(20-11-4-1-5-12-20)31-26(21-13-6-2-7-14-21,22-15-8-3-9-16-22)23-17-10-18-24(19-23)27(29)30/h1-19H. The van der Waals surface area contributed by atoms with Crippen LogP contribution >= 0.6 is 0 Å². The Bertz CT molecular complexity index is 1150. The Labute approximate surface area is 179 Å². The number of carbonyl (C=O) groups is 1. The predicted molar refractivity (Wildman–Crippen MR) is 118 cm³/mol. The van der Waals surface area contributed by atoms with E-state index in [0.29, 0.717) is 22.3 Å². The van der Waals surface area contributed by atoms with Crippen molar-refractivity contribution in [2.24, 2.45) is 0 Å².